The Bertz CT molecular complexity index is 419. The number of thiophene rings is 1. The zero-order chi connectivity index (χ0) is 12.3. The van der Waals surface area contributed by atoms with Crippen LogP contribution in [-0.4, -0.2) is 17.7 Å². The molecule has 4 heteroatoms. The minimum atomic E-state index is -0.0330. The molecule has 0 radical (unpaired) electrons. The van der Waals surface area contributed by atoms with Gasteiger partial charge in [-0.2, -0.15) is 0 Å². The van der Waals surface area contributed by atoms with E-state index in [0.717, 1.165) is 12.8 Å². The molecule has 1 fully saturated rings. The average molecular weight is 251 g/mol. The summed E-state index contributed by atoms with van der Waals surface area (Å²) in [5.74, 6) is -0.0129. The Hall–Kier alpha value is -1.16. The molecule has 0 aromatic carbocycles. The van der Waals surface area contributed by atoms with E-state index in [0.29, 0.717) is 15.8 Å². The first kappa shape index (κ1) is 12.3. The summed E-state index contributed by atoms with van der Waals surface area (Å²) in [6.07, 6.45) is 5.84. The van der Waals surface area contributed by atoms with Crippen LogP contribution >= 0.6 is 11.3 Å². The second-order valence-electron chi connectivity index (χ2n) is 4.53. The smallest absolute Gasteiger partial charge is 0.261 e. The summed E-state index contributed by atoms with van der Waals surface area (Å²) in [7, 11) is 0. The Morgan fingerprint density at radius 2 is 1.82 bits per heavy atom. The third-order valence-electron chi connectivity index (χ3n) is 3.12. The van der Waals surface area contributed by atoms with Crippen LogP contribution in [0, 0.1) is 0 Å². The van der Waals surface area contributed by atoms with Crippen molar-refractivity contribution in [3.63, 3.8) is 0 Å². The lowest BCUT2D eigenvalue weighted by Gasteiger charge is -2.22. The summed E-state index contributed by atoms with van der Waals surface area (Å²) < 4.78 is 0. The van der Waals surface area contributed by atoms with Gasteiger partial charge in [0.25, 0.3) is 5.91 Å². The fraction of sp³-hybridized carbons (Fsp3) is 0.538. The SMILES string of the molecule is CC(=O)c1ccc(C(=O)NC2CCCCC2)s1. The van der Waals surface area contributed by atoms with Gasteiger partial charge in [0.15, 0.2) is 5.78 Å². The Balaban J connectivity index is 1.96. The molecule has 0 unspecified atom stereocenters. The number of Topliss-reactive ketones (excluding diaryl/α,β-unsaturated/α-hetero) is 1. The molecule has 3 nitrogen and oxygen atoms in total. The first-order valence-electron chi connectivity index (χ1n) is 6.08. The largest absolute Gasteiger partial charge is 0.349 e. The highest BCUT2D eigenvalue weighted by atomic mass is 32.1. The Morgan fingerprint density at radius 3 is 2.41 bits per heavy atom. The molecule has 1 amide bonds. The lowest BCUT2D eigenvalue weighted by atomic mass is 9.95. The van der Waals surface area contributed by atoms with E-state index < -0.39 is 0 Å². The number of nitrogens with one attached hydrogen (secondary N) is 1. The molecule has 1 saturated carbocycles. The molecule has 1 N–H and O–H groups in total. The van der Waals surface area contributed by atoms with E-state index in [-0.39, 0.29) is 11.7 Å². The molecule has 0 aliphatic heterocycles. The quantitative estimate of drug-likeness (QED) is 0.839. The summed E-state index contributed by atoms with van der Waals surface area (Å²) >= 11 is 1.28. The van der Waals surface area contributed by atoms with Gasteiger partial charge in [0.1, 0.15) is 0 Å². The van der Waals surface area contributed by atoms with Crippen molar-refractivity contribution >= 4 is 23.0 Å². The number of amides is 1. The van der Waals surface area contributed by atoms with Gasteiger partial charge < -0.3 is 5.32 Å². The van der Waals surface area contributed by atoms with Crippen LogP contribution in [-0.2, 0) is 0 Å². The van der Waals surface area contributed by atoms with E-state index in [4.69, 9.17) is 0 Å². The summed E-state index contributed by atoms with van der Waals surface area (Å²) in [5.41, 5.74) is 0. The van der Waals surface area contributed by atoms with Gasteiger partial charge >= 0.3 is 0 Å². The minimum Gasteiger partial charge on any atom is -0.349 e. The highest BCUT2D eigenvalue weighted by Gasteiger charge is 2.18. The van der Waals surface area contributed by atoms with Gasteiger partial charge in [0.2, 0.25) is 0 Å². The second-order valence-corrected chi connectivity index (χ2v) is 5.61. The van der Waals surface area contributed by atoms with E-state index in [9.17, 15) is 9.59 Å². The van der Waals surface area contributed by atoms with Crippen LogP contribution in [0.3, 0.4) is 0 Å². The topological polar surface area (TPSA) is 46.2 Å². The van der Waals surface area contributed by atoms with E-state index in [1.54, 1.807) is 12.1 Å². The molecular weight excluding hydrogens is 234 g/mol. The molecule has 1 aromatic rings. The first-order chi connectivity index (χ1) is 8.16. The molecule has 1 aliphatic rings. The zero-order valence-electron chi connectivity index (χ0n) is 9.99. The zero-order valence-corrected chi connectivity index (χ0v) is 10.8. The number of carbonyl (C=O) groups excluding carboxylic acids is 2. The molecule has 0 bridgehead atoms. The van der Waals surface area contributed by atoms with Crippen molar-refractivity contribution in [3.8, 4) is 0 Å². The fourth-order valence-corrected chi connectivity index (χ4v) is 2.96. The summed E-state index contributed by atoms with van der Waals surface area (Å²) in [6.45, 7) is 1.52. The Morgan fingerprint density at radius 1 is 1.18 bits per heavy atom. The van der Waals surface area contributed by atoms with Gasteiger partial charge in [-0.1, -0.05) is 19.3 Å². The second kappa shape index (κ2) is 5.45. The number of rotatable bonds is 3. The Labute approximate surface area is 105 Å². The first-order valence-corrected chi connectivity index (χ1v) is 6.90. The Kier molecular flexibility index (Phi) is 3.94. The molecule has 2 rings (SSSR count). The van der Waals surface area contributed by atoms with Crippen LogP contribution in [0.25, 0.3) is 0 Å². The highest BCUT2D eigenvalue weighted by Crippen LogP contribution is 2.20. The van der Waals surface area contributed by atoms with Crippen molar-refractivity contribution in [2.24, 2.45) is 0 Å². The van der Waals surface area contributed by atoms with Crippen LogP contribution in [0.4, 0.5) is 0 Å². The summed E-state index contributed by atoms with van der Waals surface area (Å²) in [4.78, 5) is 24.4. The van der Waals surface area contributed by atoms with Crippen molar-refractivity contribution in [1.29, 1.82) is 0 Å². The third-order valence-corrected chi connectivity index (χ3v) is 4.30. The minimum absolute atomic E-state index is 0.0201. The molecule has 0 saturated heterocycles. The number of ketones is 1. The number of hydrogen-bond acceptors (Lipinski definition) is 3. The maximum absolute atomic E-state index is 11.9. The predicted octanol–water partition coefficient (Wildman–Crippen LogP) is 3.01. The van der Waals surface area contributed by atoms with Crippen LogP contribution in [0.2, 0.25) is 0 Å². The van der Waals surface area contributed by atoms with E-state index in [1.807, 2.05) is 0 Å². The van der Waals surface area contributed by atoms with Crippen LogP contribution in [0.15, 0.2) is 12.1 Å². The van der Waals surface area contributed by atoms with E-state index in [1.165, 1.54) is 37.5 Å². The molecule has 1 aliphatic carbocycles. The summed E-state index contributed by atoms with van der Waals surface area (Å²) in [5, 5.41) is 3.05. The van der Waals surface area contributed by atoms with E-state index in [2.05, 4.69) is 5.32 Å². The van der Waals surface area contributed by atoms with E-state index >= 15 is 0 Å². The standard InChI is InChI=1S/C13H17NO2S/c1-9(15)11-7-8-12(17-11)13(16)14-10-5-3-2-4-6-10/h7-8,10H,2-6H2,1H3,(H,14,16). The number of carbonyl (C=O) groups is 2. The highest BCUT2D eigenvalue weighted by molar-refractivity contribution is 7.15. The third kappa shape index (κ3) is 3.16. The van der Waals surface area contributed by atoms with Crippen molar-refractivity contribution in [2.75, 3.05) is 0 Å². The van der Waals surface area contributed by atoms with Crippen molar-refractivity contribution < 1.29 is 9.59 Å². The molecule has 0 spiro atoms. The monoisotopic (exact) mass is 251 g/mol. The van der Waals surface area contributed by atoms with Gasteiger partial charge in [-0.15, -0.1) is 11.3 Å². The van der Waals surface area contributed by atoms with Gasteiger partial charge in [-0.05, 0) is 31.9 Å². The lowest BCUT2D eigenvalue weighted by Crippen LogP contribution is -2.35. The number of hydrogen-bond donors (Lipinski definition) is 1. The fourth-order valence-electron chi connectivity index (χ4n) is 2.15. The van der Waals surface area contributed by atoms with Crippen molar-refractivity contribution in [3.05, 3.63) is 21.9 Å². The molecule has 17 heavy (non-hydrogen) atoms. The van der Waals surface area contributed by atoms with Gasteiger partial charge in [-0.25, -0.2) is 0 Å². The maximum atomic E-state index is 11.9. The average Bonchev–Trinajstić information content (AvgIpc) is 2.79. The van der Waals surface area contributed by atoms with Gasteiger partial charge in [0.05, 0.1) is 9.75 Å². The molecule has 92 valence electrons. The maximum Gasteiger partial charge on any atom is 0.261 e. The van der Waals surface area contributed by atoms with Crippen molar-refractivity contribution in [1.82, 2.24) is 5.32 Å². The molecule has 1 aromatic heterocycles. The van der Waals surface area contributed by atoms with Crippen molar-refractivity contribution in [2.45, 2.75) is 45.1 Å². The lowest BCUT2D eigenvalue weighted by molar-refractivity contribution is 0.0931. The predicted molar refractivity (Wildman–Crippen MR) is 68.7 cm³/mol. The van der Waals surface area contributed by atoms with Crippen LogP contribution in [0.1, 0.15) is 58.4 Å². The van der Waals surface area contributed by atoms with Crippen LogP contribution in [0.5, 0.6) is 0 Å². The molecule has 1 heterocycles. The summed E-state index contributed by atoms with van der Waals surface area (Å²) in [6, 6.07) is 3.78. The van der Waals surface area contributed by atoms with Gasteiger partial charge in [-0.3, -0.25) is 9.59 Å². The normalized spacial score (nSPS) is 16.8. The van der Waals surface area contributed by atoms with Gasteiger partial charge in [0, 0.05) is 6.04 Å². The molecular formula is C13H17NO2S. The van der Waals surface area contributed by atoms with Crippen LogP contribution < -0.4 is 5.32 Å². The molecule has 0 atom stereocenters.